The predicted octanol–water partition coefficient (Wildman–Crippen LogP) is 4.16. The van der Waals surface area contributed by atoms with E-state index >= 15 is 0 Å². The van der Waals surface area contributed by atoms with Crippen molar-refractivity contribution in [2.75, 3.05) is 13.2 Å². The minimum Gasteiger partial charge on any atom is -0.372 e. The van der Waals surface area contributed by atoms with Gasteiger partial charge in [-0.15, -0.1) is 0 Å². The standard InChI is InChI=1S/C24H32N2O2/c1-17-12-18(2)14-21(13-17)19(3)28-16-24(22-8-6-5-7-9-22)11-10-23(15-25-24)26-20(4)27/h5-9,12-14,19,23,25H,10-11,15-16H2,1-4H3,(H,26,27)/t19-,23-,24-/m1/s1. The summed E-state index contributed by atoms with van der Waals surface area (Å²) >= 11 is 0. The lowest BCUT2D eigenvalue weighted by molar-refractivity contribution is -0.120. The number of benzene rings is 2. The molecule has 2 aromatic rings. The third-order valence-corrected chi connectivity index (χ3v) is 5.63. The summed E-state index contributed by atoms with van der Waals surface area (Å²) in [5.41, 5.74) is 4.74. The van der Waals surface area contributed by atoms with Crippen LogP contribution in [0.5, 0.6) is 0 Å². The fraction of sp³-hybridized carbons (Fsp3) is 0.458. The van der Waals surface area contributed by atoms with E-state index in [1.807, 2.05) is 6.07 Å². The third-order valence-electron chi connectivity index (χ3n) is 5.63. The number of hydrogen-bond acceptors (Lipinski definition) is 3. The Bertz CT molecular complexity index is 775. The van der Waals surface area contributed by atoms with E-state index in [9.17, 15) is 4.79 Å². The van der Waals surface area contributed by atoms with Crippen molar-refractivity contribution in [3.63, 3.8) is 0 Å². The molecule has 3 rings (SSSR count). The maximum absolute atomic E-state index is 11.4. The van der Waals surface area contributed by atoms with Crippen molar-refractivity contribution in [1.82, 2.24) is 10.6 Å². The van der Waals surface area contributed by atoms with Gasteiger partial charge in [0.25, 0.3) is 0 Å². The van der Waals surface area contributed by atoms with Crippen LogP contribution in [0.4, 0.5) is 0 Å². The summed E-state index contributed by atoms with van der Waals surface area (Å²) in [4.78, 5) is 11.4. The average molecular weight is 381 g/mol. The Morgan fingerprint density at radius 2 is 1.89 bits per heavy atom. The fourth-order valence-corrected chi connectivity index (χ4v) is 4.16. The van der Waals surface area contributed by atoms with Gasteiger partial charge in [0.05, 0.1) is 18.2 Å². The molecular weight excluding hydrogens is 348 g/mol. The second-order valence-electron chi connectivity index (χ2n) is 8.14. The summed E-state index contributed by atoms with van der Waals surface area (Å²) in [6, 6.07) is 17.3. The van der Waals surface area contributed by atoms with E-state index in [4.69, 9.17) is 4.74 Å². The maximum atomic E-state index is 11.4. The molecule has 1 amide bonds. The molecule has 2 N–H and O–H groups in total. The molecule has 0 bridgehead atoms. The lowest BCUT2D eigenvalue weighted by Gasteiger charge is -2.42. The molecule has 28 heavy (non-hydrogen) atoms. The molecule has 1 heterocycles. The number of ether oxygens (including phenoxy) is 1. The van der Waals surface area contributed by atoms with Crippen LogP contribution in [0.15, 0.2) is 48.5 Å². The molecular formula is C24H32N2O2. The number of aryl methyl sites for hydroxylation is 2. The molecule has 0 radical (unpaired) electrons. The highest BCUT2D eigenvalue weighted by atomic mass is 16.5. The van der Waals surface area contributed by atoms with Gasteiger partial charge < -0.3 is 15.4 Å². The van der Waals surface area contributed by atoms with Gasteiger partial charge in [-0.25, -0.2) is 0 Å². The number of hydrogen-bond donors (Lipinski definition) is 2. The van der Waals surface area contributed by atoms with Crippen LogP contribution in [-0.4, -0.2) is 25.1 Å². The quantitative estimate of drug-likeness (QED) is 0.791. The number of carbonyl (C=O) groups excluding carboxylic acids is 1. The predicted molar refractivity (Wildman–Crippen MR) is 113 cm³/mol. The van der Waals surface area contributed by atoms with Gasteiger partial charge in [0.2, 0.25) is 5.91 Å². The summed E-state index contributed by atoms with van der Waals surface area (Å²) in [6.45, 7) is 9.29. The largest absolute Gasteiger partial charge is 0.372 e. The number of nitrogens with one attached hydrogen (secondary N) is 2. The first-order valence-electron chi connectivity index (χ1n) is 10.2. The Balaban J connectivity index is 1.74. The average Bonchev–Trinajstić information content (AvgIpc) is 2.67. The molecule has 2 aromatic carbocycles. The second kappa shape index (κ2) is 8.89. The first kappa shape index (κ1) is 20.6. The lowest BCUT2D eigenvalue weighted by atomic mass is 9.81. The first-order chi connectivity index (χ1) is 13.4. The summed E-state index contributed by atoms with van der Waals surface area (Å²) in [5.74, 6) is 0.0266. The SMILES string of the molecule is CC(=O)N[C@@H]1CC[C@@](CO[C@H](C)c2cc(C)cc(C)c2)(c2ccccc2)NC1. The van der Waals surface area contributed by atoms with Gasteiger partial charge in [-0.3, -0.25) is 4.79 Å². The van der Waals surface area contributed by atoms with Gasteiger partial charge in [0.1, 0.15) is 0 Å². The van der Waals surface area contributed by atoms with Crippen LogP contribution in [-0.2, 0) is 15.1 Å². The molecule has 1 saturated heterocycles. The van der Waals surface area contributed by atoms with Crippen molar-refractivity contribution in [2.24, 2.45) is 0 Å². The zero-order valence-electron chi connectivity index (χ0n) is 17.4. The van der Waals surface area contributed by atoms with E-state index in [0.29, 0.717) is 6.61 Å². The van der Waals surface area contributed by atoms with Crippen molar-refractivity contribution < 1.29 is 9.53 Å². The minimum absolute atomic E-state index is 0.0223. The van der Waals surface area contributed by atoms with E-state index in [0.717, 1.165) is 19.4 Å². The minimum atomic E-state index is -0.233. The van der Waals surface area contributed by atoms with E-state index in [2.05, 4.69) is 73.9 Å². The van der Waals surface area contributed by atoms with Gasteiger partial charge in [0, 0.05) is 19.5 Å². The summed E-state index contributed by atoms with van der Waals surface area (Å²) in [6.07, 6.45) is 1.87. The number of rotatable bonds is 6. The topological polar surface area (TPSA) is 50.4 Å². The smallest absolute Gasteiger partial charge is 0.217 e. The highest BCUT2D eigenvalue weighted by molar-refractivity contribution is 5.73. The third kappa shape index (κ3) is 5.00. The Morgan fingerprint density at radius 1 is 1.21 bits per heavy atom. The number of carbonyl (C=O) groups is 1. The van der Waals surface area contributed by atoms with Crippen LogP contribution in [0.25, 0.3) is 0 Å². The Hall–Kier alpha value is -2.17. The van der Waals surface area contributed by atoms with Gasteiger partial charge in [0.15, 0.2) is 0 Å². The lowest BCUT2D eigenvalue weighted by Crippen LogP contribution is -2.57. The van der Waals surface area contributed by atoms with Crippen LogP contribution in [0.2, 0.25) is 0 Å². The fourth-order valence-electron chi connectivity index (χ4n) is 4.16. The Kier molecular flexibility index (Phi) is 6.53. The van der Waals surface area contributed by atoms with Crippen molar-refractivity contribution in [1.29, 1.82) is 0 Å². The van der Waals surface area contributed by atoms with Crippen LogP contribution < -0.4 is 10.6 Å². The summed E-state index contributed by atoms with van der Waals surface area (Å²) < 4.78 is 6.40. The normalized spacial score (nSPS) is 23.2. The van der Waals surface area contributed by atoms with Gasteiger partial charge >= 0.3 is 0 Å². The van der Waals surface area contributed by atoms with Gasteiger partial charge in [-0.05, 0) is 44.7 Å². The molecule has 4 nitrogen and oxygen atoms in total. The molecule has 1 aliphatic heterocycles. The van der Waals surface area contributed by atoms with Crippen molar-refractivity contribution in [2.45, 2.75) is 58.2 Å². The van der Waals surface area contributed by atoms with Crippen LogP contribution in [0, 0.1) is 13.8 Å². The van der Waals surface area contributed by atoms with E-state index in [1.165, 1.54) is 22.3 Å². The second-order valence-corrected chi connectivity index (χ2v) is 8.14. The molecule has 1 aliphatic rings. The molecule has 1 fully saturated rings. The summed E-state index contributed by atoms with van der Waals surface area (Å²) in [5, 5.41) is 6.73. The van der Waals surface area contributed by atoms with E-state index < -0.39 is 0 Å². The van der Waals surface area contributed by atoms with Crippen molar-refractivity contribution in [3.8, 4) is 0 Å². The molecule has 3 atom stereocenters. The zero-order chi connectivity index (χ0) is 20.1. The van der Waals surface area contributed by atoms with Crippen LogP contribution in [0.3, 0.4) is 0 Å². The molecule has 0 spiro atoms. The van der Waals surface area contributed by atoms with Crippen molar-refractivity contribution in [3.05, 3.63) is 70.8 Å². The van der Waals surface area contributed by atoms with Gasteiger partial charge in [-0.1, -0.05) is 59.7 Å². The molecule has 150 valence electrons. The summed E-state index contributed by atoms with van der Waals surface area (Å²) in [7, 11) is 0. The van der Waals surface area contributed by atoms with Crippen LogP contribution >= 0.6 is 0 Å². The first-order valence-corrected chi connectivity index (χ1v) is 10.2. The van der Waals surface area contributed by atoms with Crippen LogP contribution in [0.1, 0.15) is 55.0 Å². The zero-order valence-corrected chi connectivity index (χ0v) is 17.4. The van der Waals surface area contributed by atoms with Gasteiger partial charge in [-0.2, -0.15) is 0 Å². The van der Waals surface area contributed by atoms with E-state index in [1.54, 1.807) is 6.92 Å². The molecule has 0 unspecified atom stereocenters. The molecule has 0 saturated carbocycles. The maximum Gasteiger partial charge on any atom is 0.217 e. The monoisotopic (exact) mass is 380 g/mol. The Labute approximate surface area is 168 Å². The number of piperidine rings is 1. The highest BCUT2D eigenvalue weighted by Crippen LogP contribution is 2.33. The molecule has 4 heteroatoms. The van der Waals surface area contributed by atoms with Crippen molar-refractivity contribution >= 4 is 5.91 Å². The molecule has 0 aromatic heterocycles. The number of amides is 1. The molecule has 0 aliphatic carbocycles. The highest BCUT2D eigenvalue weighted by Gasteiger charge is 2.37. The Morgan fingerprint density at radius 3 is 2.46 bits per heavy atom. The van der Waals surface area contributed by atoms with E-state index in [-0.39, 0.29) is 23.6 Å².